The Morgan fingerprint density at radius 3 is 2.90 bits per heavy atom. The van der Waals surface area contributed by atoms with E-state index in [0.717, 1.165) is 22.0 Å². The number of allylic oxidation sites excluding steroid dienone is 1. The van der Waals surface area contributed by atoms with Crippen molar-refractivity contribution in [1.82, 2.24) is 9.55 Å². The fourth-order valence-electron chi connectivity index (χ4n) is 4.37. The van der Waals surface area contributed by atoms with Crippen LogP contribution in [0.2, 0.25) is 0 Å². The van der Waals surface area contributed by atoms with Crippen molar-refractivity contribution in [2.75, 3.05) is 0 Å². The summed E-state index contributed by atoms with van der Waals surface area (Å²) < 4.78 is 6.69. The molecule has 1 atom stereocenters. The van der Waals surface area contributed by atoms with E-state index in [4.69, 9.17) is 15.0 Å². The first kappa shape index (κ1) is 18.3. The van der Waals surface area contributed by atoms with Crippen molar-refractivity contribution >= 4 is 22.9 Å². The molecule has 0 aliphatic carbocycles. The molecule has 0 spiro atoms. The van der Waals surface area contributed by atoms with Gasteiger partial charge in [-0.25, -0.2) is 9.78 Å². The van der Waals surface area contributed by atoms with Gasteiger partial charge in [0.15, 0.2) is 5.60 Å². The van der Waals surface area contributed by atoms with Crippen LogP contribution in [-0.4, -0.2) is 20.6 Å². The summed E-state index contributed by atoms with van der Waals surface area (Å²) in [4.78, 5) is 30.3. The van der Waals surface area contributed by atoms with E-state index in [1.165, 1.54) is 6.08 Å². The number of esters is 1. The number of pyridine rings is 2. The van der Waals surface area contributed by atoms with Gasteiger partial charge in [-0.15, -0.1) is 0 Å². The Morgan fingerprint density at radius 2 is 2.13 bits per heavy atom. The molecule has 1 aromatic carbocycles. The molecule has 2 aliphatic rings. The minimum atomic E-state index is -1.86. The van der Waals surface area contributed by atoms with Crippen LogP contribution in [-0.2, 0) is 28.3 Å². The summed E-state index contributed by atoms with van der Waals surface area (Å²) in [6.07, 6.45) is 3.23. The van der Waals surface area contributed by atoms with Crippen LogP contribution in [0.5, 0.6) is 0 Å². The van der Waals surface area contributed by atoms with E-state index in [9.17, 15) is 14.7 Å². The van der Waals surface area contributed by atoms with Gasteiger partial charge in [0.25, 0.3) is 5.56 Å². The second-order valence-corrected chi connectivity index (χ2v) is 7.44. The van der Waals surface area contributed by atoms with Gasteiger partial charge in [0, 0.05) is 22.6 Å². The van der Waals surface area contributed by atoms with Crippen LogP contribution >= 0.6 is 0 Å². The Bertz CT molecular complexity index is 1380. The van der Waals surface area contributed by atoms with Crippen LogP contribution in [0.3, 0.4) is 0 Å². The van der Waals surface area contributed by atoms with Crippen LogP contribution in [0.1, 0.15) is 35.6 Å². The first-order valence-electron chi connectivity index (χ1n) is 9.64. The van der Waals surface area contributed by atoms with Crippen molar-refractivity contribution in [2.45, 2.75) is 32.1 Å². The fraction of sp³-hybridized carbons (Fsp3) is 0.217. The number of benzene rings is 1. The van der Waals surface area contributed by atoms with Crippen LogP contribution in [0.25, 0.3) is 28.4 Å². The quantitative estimate of drug-likeness (QED) is 0.410. The SMILES string of the molecule is CCC1(O)C(=O)OCc2c1cc1n(c2=O)Cc2c-1nc1ccccc1c2/C=C/C#N. The number of hydrogen-bond acceptors (Lipinski definition) is 6. The topological polar surface area (TPSA) is 105 Å². The highest BCUT2D eigenvalue weighted by atomic mass is 16.6. The molecule has 0 bridgehead atoms. The van der Waals surface area contributed by atoms with Gasteiger partial charge in [-0.2, -0.15) is 5.26 Å². The highest BCUT2D eigenvalue weighted by molar-refractivity contribution is 5.93. The molecule has 0 fully saturated rings. The van der Waals surface area contributed by atoms with Gasteiger partial charge in [0.1, 0.15) is 6.61 Å². The zero-order valence-corrected chi connectivity index (χ0v) is 16.2. The van der Waals surface area contributed by atoms with E-state index in [2.05, 4.69) is 0 Å². The van der Waals surface area contributed by atoms with Gasteiger partial charge in [-0.1, -0.05) is 25.1 Å². The molecule has 0 radical (unpaired) electrons. The van der Waals surface area contributed by atoms with E-state index in [0.29, 0.717) is 11.4 Å². The lowest BCUT2D eigenvalue weighted by atomic mass is 9.86. The number of cyclic esters (lactones) is 1. The second kappa shape index (κ2) is 6.37. The van der Waals surface area contributed by atoms with E-state index in [1.54, 1.807) is 23.6 Å². The molecule has 5 rings (SSSR count). The zero-order valence-electron chi connectivity index (χ0n) is 16.2. The highest BCUT2D eigenvalue weighted by Gasteiger charge is 2.45. The number of nitriles is 1. The van der Waals surface area contributed by atoms with Crippen molar-refractivity contribution in [3.05, 3.63) is 69.0 Å². The van der Waals surface area contributed by atoms with Gasteiger partial charge in [-0.05, 0) is 30.2 Å². The van der Waals surface area contributed by atoms with Crippen molar-refractivity contribution < 1.29 is 14.6 Å². The molecule has 0 saturated heterocycles. The molecule has 2 aliphatic heterocycles. The molecule has 30 heavy (non-hydrogen) atoms. The average Bonchev–Trinajstić information content (AvgIpc) is 3.13. The van der Waals surface area contributed by atoms with Crippen LogP contribution in [0, 0.1) is 11.3 Å². The largest absolute Gasteiger partial charge is 0.458 e. The van der Waals surface area contributed by atoms with Gasteiger partial charge in [-0.3, -0.25) is 4.79 Å². The molecule has 3 aromatic rings. The van der Waals surface area contributed by atoms with Crippen molar-refractivity contribution in [3.8, 4) is 17.5 Å². The average molecular weight is 399 g/mol. The maximum absolute atomic E-state index is 13.3. The molecule has 0 saturated carbocycles. The summed E-state index contributed by atoms with van der Waals surface area (Å²) in [7, 11) is 0. The smallest absolute Gasteiger partial charge is 0.343 e. The predicted molar refractivity (Wildman–Crippen MR) is 109 cm³/mol. The first-order chi connectivity index (χ1) is 14.5. The second-order valence-electron chi connectivity index (χ2n) is 7.44. The monoisotopic (exact) mass is 399 g/mol. The van der Waals surface area contributed by atoms with E-state index >= 15 is 0 Å². The molecule has 1 unspecified atom stereocenters. The first-order valence-corrected chi connectivity index (χ1v) is 9.64. The van der Waals surface area contributed by atoms with Crippen LogP contribution in [0.4, 0.5) is 0 Å². The Kier molecular flexibility index (Phi) is 3.88. The number of hydrogen-bond donors (Lipinski definition) is 1. The van der Waals surface area contributed by atoms with Crippen LogP contribution < -0.4 is 5.56 Å². The number of ether oxygens (including phenoxy) is 1. The number of nitrogens with zero attached hydrogens (tertiary/aromatic N) is 3. The van der Waals surface area contributed by atoms with Gasteiger partial charge in [0.2, 0.25) is 0 Å². The number of rotatable bonds is 2. The van der Waals surface area contributed by atoms with Crippen molar-refractivity contribution in [1.29, 1.82) is 5.26 Å². The molecule has 7 nitrogen and oxygen atoms in total. The lowest BCUT2D eigenvalue weighted by molar-refractivity contribution is -0.172. The molecule has 148 valence electrons. The molecule has 1 N–H and O–H groups in total. The maximum Gasteiger partial charge on any atom is 0.343 e. The van der Waals surface area contributed by atoms with Gasteiger partial charge in [0.05, 0.1) is 35.1 Å². The normalized spacial score (nSPS) is 19.3. The zero-order chi connectivity index (χ0) is 21.0. The molecular weight excluding hydrogens is 382 g/mol. The van der Waals surface area contributed by atoms with Crippen LogP contribution in [0.15, 0.2) is 41.2 Å². The number of para-hydroxylation sites is 1. The lowest BCUT2D eigenvalue weighted by Gasteiger charge is -2.31. The van der Waals surface area contributed by atoms with Crippen molar-refractivity contribution in [2.24, 2.45) is 0 Å². The third kappa shape index (κ3) is 2.31. The van der Waals surface area contributed by atoms with Gasteiger partial charge < -0.3 is 14.4 Å². The summed E-state index contributed by atoms with van der Waals surface area (Å²) in [6.45, 7) is 1.80. The minimum Gasteiger partial charge on any atom is -0.458 e. The summed E-state index contributed by atoms with van der Waals surface area (Å²) in [5, 5.41) is 20.9. The maximum atomic E-state index is 13.3. The third-order valence-electron chi connectivity index (χ3n) is 5.96. The number of aliphatic hydroxyl groups is 1. The highest BCUT2D eigenvalue weighted by Crippen LogP contribution is 2.40. The van der Waals surface area contributed by atoms with E-state index < -0.39 is 11.6 Å². The lowest BCUT2D eigenvalue weighted by Crippen LogP contribution is -2.44. The number of fused-ring (bicyclic) bond motifs is 5. The molecule has 7 heteroatoms. The Labute approximate surface area is 171 Å². The Morgan fingerprint density at radius 1 is 1.33 bits per heavy atom. The minimum absolute atomic E-state index is 0.0931. The third-order valence-corrected chi connectivity index (χ3v) is 5.96. The standard InChI is InChI=1S/C23H17N3O4/c1-2-23(29)17-10-19-20-15(11-26(19)21(27)16(17)12-30-22(23)28)13(7-5-9-24)14-6-3-4-8-18(14)25-20/h3-8,10,29H,2,11-12H2,1H3/b7-5+. The Hall–Kier alpha value is -3.76. The summed E-state index contributed by atoms with van der Waals surface area (Å²) in [5.74, 6) is -0.746. The fourth-order valence-corrected chi connectivity index (χ4v) is 4.37. The number of carbonyl (C=O) groups excluding carboxylic acids is 1. The number of carbonyl (C=O) groups is 1. The molecular formula is C23H17N3O4. The summed E-state index contributed by atoms with van der Waals surface area (Å²) in [6, 6.07) is 11.3. The number of aromatic nitrogens is 2. The Balaban J connectivity index is 1.84. The van der Waals surface area contributed by atoms with Crippen molar-refractivity contribution in [3.63, 3.8) is 0 Å². The van der Waals surface area contributed by atoms with Gasteiger partial charge >= 0.3 is 5.97 Å². The molecule has 4 heterocycles. The molecule has 2 aromatic heterocycles. The van der Waals surface area contributed by atoms with E-state index in [1.807, 2.05) is 30.3 Å². The predicted octanol–water partition coefficient (Wildman–Crippen LogP) is 2.62. The summed E-state index contributed by atoms with van der Waals surface area (Å²) in [5.41, 5.74) is 1.96. The summed E-state index contributed by atoms with van der Waals surface area (Å²) >= 11 is 0. The van der Waals surface area contributed by atoms with E-state index in [-0.39, 0.29) is 36.3 Å². The molecule has 0 amide bonds.